The highest BCUT2D eigenvalue weighted by molar-refractivity contribution is 5.51. The molecule has 0 saturated carbocycles. The van der Waals surface area contributed by atoms with Gasteiger partial charge in [0.1, 0.15) is 5.76 Å². The number of furan rings is 1. The molecule has 0 unspecified atom stereocenters. The minimum absolute atomic E-state index is 0.385. The maximum absolute atomic E-state index is 5.33. The van der Waals surface area contributed by atoms with Crippen molar-refractivity contribution in [2.24, 2.45) is 0 Å². The van der Waals surface area contributed by atoms with Crippen molar-refractivity contribution in [2.75, 3.05) is 7.05 Å². The van der Waals surface area contributed by atoms with Gasteiger partial charge in [0.2, 0.25) is 0 Å². The molecule has 0 spiro atoms. The first-order valence-electron chi connectivity index (χ1n) is 4.41. The summed E-state index contributed by atoms with van der Waals surface area (Å²) in [4.78, 5) is 2.18. The van der Waals surface area contributed by atoms with Crippen LogP contribution in [0.2, 0.25) is 0 Å². The Bertz CT molecular complexity index is 338. The molecule has 0 fully saturated rings. The van der Waals surface area contributed by atoms with Gasteiger partial charge in [0.05, 0.1) is 12.3 Å². The average Bonchev–Trinajstić information content (AvgIpc) is 2.58. The molecule has 68 valence electrons. The molecule has 0 N–H and O–H groups in total. The fourth-order valence-electron chi connectivity index (χ4n) is 1.70. The SMILES string of the molecule is C=CC[C@H]1c2ccoc2C=CN1C. The third-order valence-corrected chi connectivity index (χ3v) is 2.43. The molecule has 2 rings (SSSR count). The summed E-state index contributed by atoms with van der Waals surface area (Å²) in [6, 6.07) is 2.42. The van der Waals surface area contributed by atoms with Gasteiger partial charge < -0.3 is 9.32 Å². The predicted octanol–water partition coefficient (Wildman–Crippen LogP) is 2.81. The van der Waals surface area contributed by atoms with Gasteiger partial charge in [-0.05, 0) is 18.6 Å². The standard InChI is InChI=1S/C11H13NO/c1-3-4-10-9-6-8-13-11(9)5-7-12(10)2/h3,5-8,10H,1,4H2,2H3/t10-/m0/s1. The van der Waals surface area contributed by atoms with Crippen molar-refractivity contribution >= 4 is 6.08 Å². The Labute approximate surface area is 78.2 Å². The minimum Gasteiger partial charge on any atom is -0.465 e. The van der Waals surface area contributed by atoms with Gasteiger partial charge in [0.25, 0.3) is 0 Å². The summed E-state index contributed by atoms with van der Waals surface area (Å²) in [6.45, 7) is 3.77. The third-order valence-electron chi connectivity index (χ3n) is 2.43. The zero-order valence-electron chi connectivity index (χ0n) is 7.73. The maximum Gasteiger partial charge on any atom is 0.133 e. The molecule has 13 heavy (non-hydrogen) atoms. The summed E-state index contributed by atoms with van der Waals surface area (Å²) in [6.07, 6.45) is 8.67. The van der Waals surface area contributed by atoms with Gasteiger partial charge in [-0.3, -0.25) is 0 Å². The molecule has 0 bridgehead atoms. The molecule has 2 heteroatoms. The van der Waals surface area contributed by atoms with Crippen LogP contribution in [0.1, 0.15) is 23.8 Å². The van der Waals surface area contributed by atoms with Crippen LogP contribution in [0.25, 0.3) is 6.08 Å². The van der Waals surface area contributed by atoms with Crippen molar-refractivity contribution in [2.45, 2.75) is 12.5 Å². The Kier molecular flexibility index (Phi) is 1.97. The summed E-state index contributed by atoms with van der Waals surface area (Å²) in [5.41, 5.74) is 1.25. The van der Waals surface area contributed by atoms with Crippen molar-refractivity contribution in [1.82, 2.24) is 4.90 Å². The van der Waals surface area contributed by atoms with E-state index in [4.69, 9.17) is 4.42 Å². The predicted molar refractivity (Wildman–Crippen MR) is 53.1 cm³/mol. The van der Waals surface area contributed by atoms with Gasteiger partial charge in [-0.2, -0.15) is 0 Å². The van der Waals surface area contributed by atoms with Crippen LogP contribution in [0, 0.1) is 0 Å². The molecule has 0 radical (unpaired) electrons. The van der Waals surface area contributed by atoms with Crippen LogP contribution in [0.3, 0.4) is 0 Å². The van der Waals surface area contributed by atoms with E-state index in [1.165, 1.54) is 5.56 Å². The highest BCUT2D eigenvalue weighted by Crippen LogP contribution is 2.32. The molecule has 0 aliphatic carbocycles. The summed E-state index contributed by atoms with van der Waals surface area (Å²) < 4.78 is 5.33. The zero-order chi connectivity index (χ0) is 9.26. The van der Waals surface area contributed by atoms with E-state index < -0.39 is 0 Å². The van der Waals surface area contributed by atoms with Crippen LogP contribution < -0.4 is 0 Å². The first kappa shape index (κ1) is 8.17. The molecule has 0 amide bonds. The Morgan fingerprint density at radius 3 is 3.31 bits per heavy atom. The lowest BCUT2D eigenvalue weighted by Gasteiger charge is -2.28. The summed E-state index contributed by atoms with van der Waals surface area (Å²) in [5, 5.41) is 0. The van der Waals surface area contributed by atoms with Crippen LogP contribution in [-0.2, 0) is 0 Å². The second kappa shape index (κ2) is 3.13. The zero-order valence-corrected chi connectivity index (χ0v) is 7.73. The summed E-state index contributed by atoms with van der Waals surface area (Å²) in [7, 11) is 2.07. The van der Waals surface area contributed by atoms with Gasteiger partial charge in [-0.25, -0.2) is 0 Å². The van der Waals surface area contributed by atoms with Gasteiger partial charge in [0.15, 0.2) is 0 Å². The van der Waals surface area contributed by atoms with Crippen LogP contribution in [0.5, 0.6) is 0 Å². The quantitative estimate of drug-likeness (QED) is 0.642. The normalized spacial score (nSPS) is 20.1. The molecule has 1 aromatic heterocycles. The number of hydrogen-bond donors (Lipinski definition) is 0. The van der Waals surface area contributed by atoms with Crippen molar-refractivity contribution in [3.05, 3.63) is 42.5 Å². The molecule has 2 heterocycles. The van der Waals surface area contributed by atoms with Crippen molar-refractivity contribution in [1.29, 1.82) is 0 Å². The highest BCUT2D eigenvalue weighted by atomic mass is 16.3. The first-order chi connectivity index (χ1) is 6.33. The van der Waals surface area contributed by atoms with E-state index in [0.29, 0.717) is 6.04 Å². The second-order valence-electron chi connectivity index (χ2n) is 3.26. The van der Waals surface area contributed by atoms with Crippen molar-refractivity contribution in [3.8, 4) is 0 Å². The van der Waals surface area contributed by atoms with Gasteiger partial charge in [0, 0.05) is 18.8 Å². The number of hydrogen-bond acceptors (Lipinski definition) is 2. The van der Waals surface area contributed by atoms with Crippen LogP contribution >= 0.6 is 0 Å². The van der Waals surface area contributed by atoms with E-state index in [1.54, 1.807) is 6.26 Å². The third kappa shape index (κ3) is 1.28. The van der Waals surface area contributed by atoms with Gasteiger partial charge in [-0.15, -0.1) is 6.58 Å². The lowest BCUT2D eigenvalue weighted by atomic mass is 10.0. The monoisotopic (exact) mass is 175 g/mol. The number of rotatable bonds is 2. The second-order valence-corrected chi connectivity index (χ2v) is 3.26. The van der Waals surface area contributed by atoms with E-state index in [2.05, 4.69) is 18.5 Å². The molecule has 2 nitrogen and oxygen atoms in total. The fraction of sp³-hybridized carbons (Fsp3) is 0.273. The summed E-state index contributed by atoms with van der Waals surface area (Å²) >= 11 is 0. The molecule has 0 aromatic carbocycles. The maximum atomic E-state index is 5.33. The minimum atomic E-state index is 0.385. The lowest BCUT2D eigenvalue weighted by Crippen LogP contribution is -2.21. The Morgan fingerprint density at radius 1 is 1.69 bits per heavy atom. The molecule has 1 atom stereocenters. The molecule has 1 aromatic rings. The first-order valence-corrected chi connectivity index (χ1v) is 4.41. The van der Waals surface area contributed by atoms with E-state index in [-0.39, 0.29) is 0 Å². The van der Waals surface area contributed by atoms with Crippen LogP contribution in [0.4, 0.5) is 0 Å². The molecule has 0 saturated heterocycles. The van der Waals surface area contributed by atoms with Gasteiger partial charge in [-0.1, -0.05) is 6.08 Å². The average molecular weight is 175 g/mol. The van der Waals surface area contributed by atoms with E-state index >= 15 is 0 Å². The van der Waals surface area contributed by atoms with Crippen molar-refractivity contribution in [3.63, 3.8) is 0 Å². The van der Waals surface area contributed by atoms with E-state index in [1.807, 2.05) is 24.4 Å². The van der Waals surface area contributed by atoms with Crippen LogP contribution in [-0.4, -0.2) is 11.9 Å². The molecule has 1 aliphatic rings. The number of nitrogens with zero attached hydrogens (tertiary/aromatic N) is 1. The summed E-state index contributed by atoms with van der Waals surface area (Å²) in [5.74, 6) is 0.977. The lowest BCUT2D eigenvalue weighted by molar-refractivity contribution is 0.330. The van der Waals surface area contributed by atoms with Crippen LogP contribution in [0.15, 0.2) is 35.6 Å². The van der Waals surface area contributed by atoms with E-state index in [0.717, 1.165) is 12.2 Å². The molecule has 1 aliphatic heterocycles. The van der Waals surface area contributed by atoms with Gasteiger partial charge >= 0.3 is 0 Å². The van der Waals surface area contributed by atoms with Crippen molar-refractivity contribution < 1.29 is 4.42 Å². The Hall–Kier alpha value is -1.44. The largest absolute Gasteiger partial charge is 0.465 e. The number of fused-ring (bicyclic) bond motifs is 1. The molecular weight excluding hydrogens is 162 g/mol. The Morgan fingerprint density at radius 2 is 2.54 bits per heavy atom. The fourth-order valence-corrected chi connectivity index (χ4v) is 1.70. The topological polar surface area (TPSA) is 16.4 Å². The van der Waals surface area contributed by atoms with E-state index in [9.17, 15) is 0 Å². The highest BCUT2D eigenvalue weighted by Gasteiger charge is 2.21. The smallest absolute Gasteiger partial charge is 0.133 e. The Balaban J connectivity index is 2.36. The molecular formula is C11H13NO.